The molecule has 2 saturated heterocycles. The summed E-state index contributed by atoms with van der Waals surface area (Å²) in [6, 6.07) is 10.4. The Morgan fingerprint density at radius 2 is 1.88 bits per heavy atom. The summed E-state index contributed by atoms with van der Waals surface area (Å²) in [5.74, 6) is 0.888. The molecule has 7 rings (SSSR count). The zero-order valence-electron chi connectivity index (χ0n) is 23.4. The van der Waals surface area contributed by atoms with E-state index in [1.165, 1.54) is 0 Å². The number of hydrogen-bond acceptors (Lipinski definition) is 9. The summed E-state index contributed by atoms with van der Waals surface area (Å²) in [4.78, 5) is 28.9. The van der Waals surface area contributed by atoms with Crippen LogP contribution < -0.4 is 10.5 Å². The standard InChI is InChI=1S/C30H30N10O2/c1-19(2)39-13-23(11-34-39)26-16-40-30(22(7-31)10-35-40)29(36-26)21-4-5-27(32-9-21)37-14-24-17-42-18-25(15-37)38(24)12-20-3-6-28(41)33-8-20/h3-6,8-11,13,16,19,24-25H,12,14-15,17-18H2,1-2H3,(H,33,41)/t24-,25+. The number of nitrogens with zero attached hydrogens (tertiary/aromatic N) is 9. The highest BCUT2D eigenvalue weighted by atomic mass is 16.5. The maximum Gasteiger partial charge on any atom is 0.247 e. The minimum atomic E-state index is -0.0939. The van der Waals surface area contributed by atoms with E-state index in [2.05, 4.69) is 44.9 Å². The van der Waals surface area contributed by atoms with E-state index in [1.54, 1.807) is 29.2 Å². The van der Waals surface area contributed by atoms with E-state index < -0.39 is 0 Å². The van der Waals surface area contributed by atoms with Gasteiger partial charge in [0.25, 0.3) is 0 Å². The molecule has 0 amide bonds. The van der Waals surface area contributed by atoms with Gasteiger partial charge in [0.2, 0.25) is 5.56 Å². The van der Waals surface area contributed by atoms with Crippen LogP contribution in [0.5, 0.6) is 0 Å². The van der Waals surface area contributed by atoms with Crippen molar-refractivity contribution in [3.05, 3.63) is 82.9 Å². The van der Waals surface area contributed by atoms with E-state index >= 15 is 0 Å². The van der Waals surface area contributed by atoms with Crippen molar-refractivity contribution in [1.29, 1.82) is 5.26 Å². The van der Waals surface area contributed by atoms with E-state index in [0.717, 1.165) is 42.1 Å². The van der Waals surface area contributed by atoms with Gasteiger partial charge in [0, 0.05) is 61.5 Å². The molecule has 42 heavy (non-hydrogen) atoms. The lowest BCUT2D eigenvalue weighted by Crippen LogP contribution is -2.64. The minimum Gasteiger partial charge on any atom is -0.378 e. The highest BCUT2D eigenvalue weighted by Crippen LogP contribution is 2.31. The van der Waals surface area contributed by atoms with Crippen LogP contribution in [0.3, 0.4) is 0 Å². The molecule has 0 radical (unpaired) electrons. The zero-order valence-corrected chi connectivity index (χ0v) is 23.4. The molecule has 2 aliphatic rings. The molecule has 7 heterocycles. The van der Waals surface area contributed by atoms with E-state index in [1.807, 2.05) is 41.5 Å². The number of H-pyrrole nitrogens is 1. The Bertz CT molecular complexity index is 1810. The number of aromatic nitrogens is 7. The van der Waals surface area contributed by atoms with Gasteiger partial charge in [0.05, 0.1) is 55.3 Å². The third-order valence-corrected chi connectivity index (χ3v) is 8.02. The van der Waals surface area contributed by atoms with Gasteiger partial charge in [-0.05, 0) is 31.5 Å². The first-order valence-corrected chi connectivity index (χ1v) is 14.0. The molecule has 2 aliphatic heterocycles. The smallest absolute Gasteiger partial charge is 0.247 e. The van der Waals surface area contributed by atoms with Crippen LogP contribution in [-0.2, 0) is 11.3 Å². The fraction of sp³-hybridized carbons (Fsp3) is 0.333. The molecule has 212 valence electrons. The highest BCUT2D eigenvalue weighted by Gasteiger charge is 2.38. The second kappa shape index (κ2) is 10.5. The number of nitrogens with one attached hydrogen (secondary N) is 1. The van der Waals surface area contributed by atoms with Gasteiger partial charge in [-0.15, -0.1) is 0 Å². The van der Waals surface area contributed by atoms with E-state index in [-0.39, 0.29) is 23.7 Å². The van der Waals surface area contributed by atoms with Crippen molar-refractivity contribution in [2.24, 2.45) is 0 Å². The fourth-order valence-electron chi connectivity index (χ4n) is 5.83. The van der Waals surface area contributed by atoms with Crippen LogP contribution in [0, 0.1) is 11.3 Å². The predicted molar refractivity (Wildman–Crippen MR) is 156 cm³/mol. The summed E-state index contributed by atoms with van der Waals surface area (Å²) in [5.41, 5.74) is 5.13. The van der Waals surface area contributed by atoms with Gasteiger partial charge in [-0.25, -0.2) is 14.5 Å². The SMILES string of the molecule is CC(C)n1cc(-c2cn3ncc(C#N)c3c(-c3ccc(N4C[C@H]5COC[C@@H](C4)N5Cc4ccc(=O)[nH]c4)nc3)n2)cn1. The second-order valence-electron chi connectivity index (χ2n) is 11.1. The average molecular weight is 563 g/mol. The molecule has 5 aromatic heterocycles. The summed E-state index contributed by atoms with van der Waals surface area (Å²) < 4.78 is 9.51. The lowest BCUT2D eigenvalue weighted by Gasteiger charge is -2.50. The normalized spacial score (nSPS) is 19.0. The quantitative estimate of drug-likeness (QED) is 0.332. The summed E-state index contributed by atoms with van der Waals surface area (Å²) in [5, 5.41) is 18.7. The van der Waals surface area contributed by atoms with E-state index in [9.17, 15) is 10.1 Å². The molecule has 2 atom stereocenters. The van der Waals surface area contributed by atoms with Crippen LogP contribution in [-0.4, -0.2) is 77.6 Å². The third-order valence-electron chi connectivity index (χ3n) is 8.02. The number of morpholine rings is 1. The Labute approximate surface area is 241 Å². The van der Waals surface area contributed by atoms with Gasteiger partial charge >= 0.3 is 0 Å². The van der Waals surface area contributed by atoms with Crippen molar-refractivity contribution in [3.8, 4) is 28.6 Å². The molecule has 0 aromatic carbocycles. The molecule has 0 aliphatic carbocycles. The van der Waals surface area contributed by atoms with Crippen LogP contribution in [0.25, 0.3) is 28.0 Å². The van der Waals surface area contributed by atoms with Crippen molar-refractivity contribution in [3.63, 3.8) is 0 Å². The topological polar surface area (TPSA) is 133 Å². The van der Waals surface area contributed by atoms with Crippen LogP contribution in [0.2, 0.25) is 0 Å². The molecule has 1 N–H and O–H groups in total. The molecule has 0 spiro atoms. The van der Waals surface area contributed by atoms with E-state index in [4.69, 9.17) is 14.7 Å². The molecule has 5 aromatic rings. The number of anilines is 1. The first-order chi connectivity index (χ1) is 20.5. The summed E-state index contributed by atoms with van der Waals surface area (Å²) in [6.45, 7) is 7.77. The maximum absolute atomic E-state index is 11.5. The fourth-order valence-corrected chi connectivity index (χ4v) is 5.83. The van der Waals surface area contributed by atoms with Gasteiger partial charge in [0.15, 0.2) is 0 Å². The molecule has 2 fully saturated rings. The number of nitriles is 1. The number of fused-ring (bicyclic) bond motifs is 3. The molecular formula is C30H30N10O2. The molecular weight excluding hydrogens is 532 g/mol. The first kappa shape index (κ1) is 26.1. The van der Waals surface area contributed by atoms with Crippen LogP contribution in [0.1, 0.15) is 31.0 Å². The van der Waals surface area contributed by atoms with Gasteiger partial charge in [0.1, 0.15) is 23.0 Å². The number of rotatable bonds is 6. The maximum atomic E-state index is 11.5. The van der Waals surface area contributed by atoms with Gasteiger partial charge < -0.3 is 14.6 Å². The lowest BCUT2D eigenvalue weighted by atomic mass is 10.0. The van der Waals surface area contributed by atoms with Crippen molar-refractivity contribution in [1.82, 2.24) is 39.2 Å². The van der Waals surface area contributed by atoms with Crippen LogP contribution in [0.4, 0.5) is 5.82 Å². The number of piperazine rings is 1. The molecule has 0 unspecified atom stereocenters. The highest BCUT2D eigenvalue weighted by molar-refractivity contribution is 5.83. The summed E-state index contributed by atoms with van der Waals surface area (Å²) >= 11 is 0. The molecule has 12 nitrogen and oxygen atoms in total. The lowest BCUT2D eigenvalue weighted by molar-refractivity contribution is -0.0620. The Morgan fingerprint density at radius 1 is 1.05 bits per heavy atom. The zero-order chi connectivity index (χ0) is 28.8. The largest absolute Gasteiger partial charge is 0.378 e. The molecule has 0 saturated carbocycles. The first-order valence-electron chi connectivity index (χ1n) is 14.0. The molecule has 2 bridgehead atoms. The summed E-state index contributed by atoms with van der Waals surface area (Å²) in [7, 11) is 0. The predicted octanol–water partition coefficient (Wildman–Crippen LogP) is 2.89. The average Bonchev–Trinajstić information content (AvgIpc) is 3.66. The molecule has 12 heteroatoms. The van der Waals surface area contributed by atoms with Gasteiger partial charge in [-0.2, -0.15) is 15.5 Å². The number of ether oxygens (including phenoxy) is 1. The van der Waals surface area contributed by atoms with Crippen LogP contribution in [0.15, 0.2) is 66.2 Å². The van der Waals surface area contributed by atoms with Crippen molar-refractivity contribution < 1.29 is 4.74 Å². The summed E-state index contributed by atoms with van der Waals surface area (Å²) in [6.07, 6.45) is 10.8. The third kappa shape index (κ3) is 4.72. The van der Waals surface area contributed by atoms with Gasteiger partial charge in [-0.1, -0.05) is 6.07 Å². The van der Waals surface area contributed by atoms with E-state index in [0.29, 0.717) is 35.7 Å². The van der Waals surface area contributed by atoms with Crippen molar-refractivity contribution in [2.45, 2.75) is 38.5 Å². The van der Waals surface area contributed by atoms with Crippen molar-refractivity contribution in [2.75, 3.05) is 31.2 Å². The van der Waals surface area contributed by atoms with Gasteiger partial charge in [-0.3, -0.25) is 14.4 Å². The Balaban J connectivity index is 1.17. The van der Waals surface area contributed by atoms with Crippen LogP contribution >= 0.6 is 0 Å². The number of hydrogen-bond donors (Lipinski definition) is 1. The number of aromatic amines is 1. The Morgan fingerprint density at radius 3 is 2.55 bits per heavy atom. The second-order valence-corrected chi connectivity index (χ2v) is 11.1. The Kier molecular flexibility index (Phi) is 6.53. The Hall–Kier alpha value is -4.86. The minimum absolute atomic E-state index is 0.0939. The van der Waals surface area contributed by atoms with Crippen molar-refractivity contribution >= 4 is 11.3 Å². The number of pyridine rings is 2. The monoisotopic (exact) mass is 562 g/mol.